The Balaban J connectivity index is 2.22. The molecule has 2 saturated heterocycles. The van der Waals surface area contributed by atoms with Crippen molar-refractivity contribution in [3.8, 4) is 0 Å². The van der Waals surface area contributed by atoms with Gasteiger partial charge in [-0.3, -0.25) is 4.90 Å². The van der Waals surface area contributed by atoms with Crippen LogP contribution in [0, 0.1) is 5.41 Å². The Bertz CT molecular complexity index is 168. The summed E-state index contributed by atoms with van der Waals surface area (Å²) in [5, 5.41) is 0. The lowest BCUT2D eigenvalue weighted by Gasteiger charge is -2.56. The summed E-state index contributed by atoms with van der Waals surface area (Å²) in [5.74, 6) is 0. The summed E-state index contributed by atoms with van der Waals surface area (Å²) < 4.78 is 0. The van der Waals surface area contributed by atoms with Crippen molar-refractivity contribution >= 4 is 0 Å². The third-order valence-corrected chi connectivity index (χ3v) is 3.82. The van der Waals surface area contributed by atoms with Gasteiger partial charge in [-0.15, -0.1) is 0 Å². The minimum Gasteiger partial charge on any atom is -0.297 e. The highest BCUT2D eigenvalue weighted by Gasteiger charge is 2.54. The molecule has 2 fully saturated rings. The first kappa shape index (κ1) is 7.60. The van der Waals surface area contributed by atoms with E-state index in [-0.39, 0.29) is 0 Å². The molecule has 2 aliphatic rings. The Kier molecular flexibility index (Phi) is 1.39. The van der Waals surface area contributed by atoms with Gasteiger partial charge in [0, 0.05) is 12.1 Å². The highest BCUT2D eigenvalue weighted by molar-refractivity contribution is 5.10. The Morgan fingerprint density at radius 2 is 1.82 bits per heavy atom. The molecule has 0 bridgehead atoms. The van der Waals surface area contributed by atoms with E-state index in [1.807, 2.05) is 0 Å². The van der Waals surface area contributed by atoms with Crippen LogP contribution in [0.5, 0.6) is 0 Å². The van der Waals surface area contributed by atoms with Crippen molar-refractivity contribution in [1.29, 1.82) is 0 Å². The van der Waals surface area contributed by atoms with Crippen LogP contribution in [0.1, 0.15) is 40.0 Å². The smallest absolute Gasteiger partial charge is 0.0270 e. The molecule has 1 heteroatoms. The van der Waals surface area contributed by atoms with Gasteiger partial charge in [-0.05, 0) is 31.2 Å². The average Bonchev–Trinajstić information content (AvgIpc) is 2.06. The molecule has 0 amide bonds. The fourth-order valence-electron chi connectivity index (χ4n) is 2.94. The van der Waals surface area contributed by atoms with Crippen LogP contribution in [0.2, 0.25) is 0 Å². The van der Waals surface area contributed by atoms with Crippen molar-refractivity contribution in [3.63, 3.8) is 0 Å². The van der Waals surface area contributed by atoms with Crippen molar-refractivity contribution in [2.75, 3.05) is 13.1 Å². The van der Waals surface area contributed by atoms with Gasteiger partial charge < -0.3 is 0 Å². The van der Waals surface area contributed by atoms with Crippen molar-refractivity contribution < 1.29 is 0 Å². The lowest BCUT2D eigenvalue weighted by Crippen LogP contribution is -2.62. The second-order valence-electron chi connectivity index (χ2n) is 5.12. The average molecular weight is 153 g/mol. The van der Waals surface area contributed by atoms with E-state index in [1.165, 1.54) is 32.4 Å². The van der Waals surface area contributed by atoms with E-state index < -0.39 is 0 Å². The molecular weight excluding hydrogens is 134 g/mol. The van der Waals surface area contributed by atoms with Crippen LogP contribution in [-0.4, -0.2) is 23.5 Å². The molecule has 0 N–H and O–H groups in total. The van der Waals surface area contributed by atoms with Crippen molar-refractivity contribution in [2.45, 2.75) is 45.6 Å². The Morgan fingerprint density at radius 1 is 1.09 bits per heavy atom. The molecule has 0 aromatic carbocycles. The normalized spacial score (nSPS) is 38.5. The van der Waals surface area contributed by atoms with Gasteiger partial charge in [0.25, 0.3) is 0 Å². The monoisotopic (exact) mass is 153 g/mol. The van der Waals surface area contributed by atoms with E-state index in [4.69, 9.17) is 0 Å². The number of hydrogen-bond acceptors (Lipinski definition) is 1. The van der Waals surface area contributed by atoms with Crippen LogP contribution >= 0.6 is 0 Å². The molecule has 0 radical (unpaired) electrons. The highest BCUT2D eigenvalue weighted by Crippen LogP contribution is 2.51. The fraction of sp³-hybridized carbons (Fsp3) is 1.00. The van der Waals surface area contributed by atoms with Crippen LogP contribution in [0.4, 0.5) is 0 Å². The molecule has 11 heavy (non-hydrogen) atoms. The van der Waals surface area contributed by atoms with Gasteiger partial charge in [0.05, 0.1) is 0 Å². The molecule has 0 aliphatic carbocycles. The first-order chi connectivity index (χ1) is 5.06. The standard InChI is InChI=1S/C10H19N/c1-9(2,3)10-5-4-7-11(10)8-6-10/h4-8H2,1-3H3. The minimum atomic E-state index is 0.502. The Morgan fingerprint density at radius 3 is 2.09 bits per heavy atom. The second kappa shape index (κ2) is 2.01. The molecule has 1 unspecified atom stereocenters. The minimum absolute atomic E-state index is 0.502. The van der Waals surface area contributed by atoms with Gasteiger partial charge in [0.15, 0.2) is 0 Å². The molecular formula is C10H19N. The summed E-state index contributed by atoms with van der Waals surface area (Å²) >= 11 is 0. The lowest BCUT2D eigenvalue weighted by atomic mass is 9.66. The van der Waals surface area contributed by atoms with Gasteiger partial charge in [-0.2, -0.15) is 0 Å². The van der Waals surface area contributed by atoms with E-state index >= 15 is 0 Å². The van der Waals surface area contributed by atoms with Gasteiger partial charge >= 0.3 is 0 Å². The quantitative estimate of drug-likeness (QED) is 0.516. The summed E-state index contributed by atoms with van der Waals surface area (Å²) in [4.78, 5) is 2.69. The molecule has 2 heterocycles. The summed E-state index contributed by atoms with van der Waals surface area (Å²) in [7, 11) is 0. The number of fused-ring (bicyclic) bond motifs is 1. The third-order valence-electron chi connectivity index (χ3n) is 3.82. The molecule has 0 aromatic heterocycles. The number of rotatable bonds is 0. The summed E-state index contributed by atoms with van der Waals surface area (Å²) in [6, 6.07) is 0. The maximum absolute atomic E-state index is 2.69. The zero-order valence-electron chi connectivity index (χ0n) is 7.98. The van der Waals surface area contributed by atoms with Crippen LogP contribution in [0.25, 0.3) is 0 Å². The molecule has 0 aromatic rings. The SMILES string of the molecule is CC(C)(C)C12CCCN1CC2. The summed E-state index contributed by atoms with van der Waals surface area (Å²) in [5.41, 5.74) is 1.11. The summed E-state index contributed by atoms with van der Waals surface area (Å²) in [6.07, 6.45) is 4.31. The zero-order valence-corrected chi connectivity index (χ0v) is 7.98. The van der Waals surface area contributed by atoms with Crippen molar-refractivity contribution in [2.24, 2.45) is 5.41 Å². The lowest BCUT2D eigenvalue weighted by molar-refractivity contribution is -0.0587. The Labute approximate surface area is 69.8 Å². The summed E-state index contributed by atoms with van der Waals surface area (Å²) in [6.45, 7) is 9.90. The maximum Gasteiger partial charge on any atom is 0.0270 e. The largest absolute Gasteiger partial charge is 0.297 e. The first-order valence-corrected chi connectivity index (χ1v) is 4.81. The predicted molar refractivity (Wildman–Crippen MR) is 47.6 cm³/mol. The van der Waals surface area contributed by atoms with Crippen LogP contribution in [-0.2, 0) is 0 Å². The molecule has 1 nitrogen and oxygen atoms in total. The first-order valence-electron chi connectivity index (χ1n) is 4.81. The molecule has 0 spiro atoms. The number of nitrogens with zero attached hydrogens (tertiary/aromatic N) is 1. The van der Waals surface area contributed by atoms with Gasteiger partial charge in [0.2, 0.25) is 0 Å². The third kappa shape index (κ3) is 0.807. The maximum atomic E-state index is 2.69. The van der Waals surface area contributed by atoms with E-state index in [2.05, 4.69) is 25.7 Å². The van der Waals surface area contributed by atoms with E-state index in [1.54, 1.807) is 0 Å². The zero-order chi connectivity index (χ0) is 8.11. The molecule has 64 valence electrons. The van der Waals surface area contributed by atoms with Gasteiger partial charge in [0.1, 0.15) is 0 Å². The fourth-order valence-corrected chi connectivity index (χ4v) is 2.94. The van der Waals surface area contributed by atoms with Crippen molar-refractivity contribution in [3.05, 3.63) is 0 Å². The van der Waals surface area contributed by atoms with Crippen molar-refractivity contribution in [1.82, 2.24) is 4.90 Å². The molecule has 1 atom stereocenters. The highest BCUT2D eigenvalue weighted by atomic mass is 15.3. The van der Waals surface area contributed by atoms with E-state index in [0.717, 1.165) is 0 Å². The predicted octanol–water partition coefficient (Wildman–Crippen LogP) is 2.27. The molecule has 2 aliphatic heterocycles. The second-order valence-corrected chi connectivity index (χ2v) is 5.12. The van der Waals surface area contributed by atoms with E-state index in [0.29, 0.717) is 11.0 Å². The molecule has 2 rings (SSSR count). The Hall–Kier alpha value is -0.0400. The van der Waals surface area contributed by atoms with Crippen LogP contribution < -0.4 is 0 Å². The topological polar surface area (TPSA) is 3.24 Å². The van der Waals surface area contributed by atoms with E-state index in [9.17, 15) is 0 Å². The van der Waals surface area contributed by atoms with Crippen LogP contribution in [0.15, 0.2) is 0 Å². The molecule has 0 saturated carbocycles. The van der Waals surface area contributed by atoms with Gasteiger partial charge in [-0.1, -0.05) is 20.8 Å². The number of hydrogen-bond donors (Lipinski definition) is 0. The van der Waals surface area contributed by atoms with Crippen LogP contribution in [0.3, 0.4) is 0 Å². The van der Waals surface area contributed by atoms with Gasteiger partial charge in [-0.25, -0.2) is 0 Å².